The Kier molecular flexibility index (Phi) is 5.41. The predicted octanol–water partition coefficient (Wildman–Crippen LogP) is 4.84. The second kappa shape index (κ2) is 8.13. The van der Waals surface area contributed by atoms with Crippen LogP contribution < -0.4 is 10.1 Å². The van der Waals surface area contributed by atoms with E-state index in [9.17, 15) is 4.79 Å². The Hall–Kier alpha value is -3.05. The van der Waals surface area contributed by atoms with Crippen molar-refractivity contribution in [1.82, 2.24) is 4.90 Å². The molecule has 1 atom stereocenters. The zero-order valence-corrected chi connectivity index (χ0v) is 17.0. The lowest BCUT2D eigenvalue weighted by molar-refractivity contribution is 0.0614. The molecule has 1 amide bonds. The Morgan fingerprint density at radius 3 is 2.55 bits per heavy atom. The molecule has 1 unspecified atom stereocenters. The van der Waals surface area contributed by atoms with Gasteiger partial charge in [0, 0.05) is 24.4 Å². The van der Waals surface area contributed by atoms with E-state index in [0.29, 0.717) is 18.8 Å². The lowest BCUT2D eigenvalue weighted by Gasteiger charge is -2.41. The molecule has 0 saturated carbocycles. The number of anilines is 1. The number of fused-ring (bicyclic) bond motifs is 2. The molecule has 0 fully saturated rings. The SMILES string of the molecule is COCCOc1ccc2ccccc2c1C1Nc2ccccc2C(=O)N1C(C)C. The lowest BCUT2D eigenvalue weighted by atomic mass is 9.96. The summed E-state index contributed by atoms with van der Waals surface area (Å²) in [4.78, 5) is 15.3. The minimum absolute atomic E-state index is 0.0131. The first kappa shape index (κ1) is 19.3. The average molecular weight is 390 g/mol. The van der Waals surface area contributed by atoms with Crippen molar-refractivity contribution in [3.05, 3.63) is 71.8 Å². The fraction of sp³-hybridized carbons (Fsp3) is 0.292. The average Bonchev–Trinajstić information content (AvgIpc) is 2.73. The summed E-state index contributed by atoms with van der Waals surface area (Å²) < 4.78 is 11.2. The highest BCUT2D eigenvalue weighted by Crippen LogP contribution is 2.41. The Morgan fingerprint density at radius 1 is 1.00 bits per heavy atom. The van der Waals surface area contributed by atoms with Crippen LogP contribution in [0, 0.1) is 0 Å². The first-order valence-corrected chi connectivity index (χ1v) is 9.93. The number of nitrogens with zero attached hydrogens (tertiary/aromatic N) is 1. The molecular formula is C24H26N2O3. The highest BCUT2D eigenvalue weighted by molar-refractivity contribution is 6.02. The molecule has 3 aromatic carbocycles. The fourth-order valence-corrected chi connectivity index (χ4v) is 3.93. The van der Waals surface area contributed by atoms with E-state index >= 15 is 0 Å². The molecule has 1 heterocycles. The maximum absolute atomic E-state index is 13.4. The lowest BCUT2D eigenvalue weighted by Crippen LogP contribution is -2.46. The molecule has 5 heteroatoms. The van der Waals surface area contributed by atoms with E-state index in [1.165, 1.54) is 0 Å². The second-order valence-electron chi connectivity index (χ2n) is 7.44. The number of hydrogen-bond acceptors (Lipinski definition) is 4. The monoisotopic (exact) mass is 390 g/mol. The molecule has 1 aliphatic rings. The molecule has 29 heavy (non-hydrogen) atoms. The van der Waals surface area contributed by atoms with Crippen LogP contribution in [0.25, 0.3) is 10.8 Å². The van der Waals surface area contributed by atoms with Gasteiger partial charge in [0.25, 0.3) is 5.91 Å². The van der Waals surface area contributed by atoms with Crippen LogP contribution in [-0.2, 0) is 4.74 Å². The standard InChI is InChI=1S/C24H26N2O3/c1-16(2)26-23(25-20-11-7-6-10-19(20)24(26)27)22-18-9-5-4-8-17(18)12-13-21(22)29-15-14-28-3/h4-13,16,23,25H,14-15H2,1-3H3. The van der Waals surface area contributed by atoms with Crippen molar-refractivity contribution in [3.8, 4) is 5.75 Å². The highest BCUT2D eigenvalue weighted by atomic mass is 16.5. The van der Waals surface area contributed by atoms with Crippen molar-refractivity contribution in [2.45, 2.75) is 26.1 Å². The van der Waals surface area contributed by atoms with Crippen LogP contribution in [-0.4, -0.2) is 37.2 Å². The van der Waals surface area contributed by atoms with E-state index in [1.54, 1.807) is 7.11 Å². The first-order valence-electron chi connectivity index (χ1n) is 9.93. The number of amides is 1. The van der Waals surface area contributed by atoms with E-state index in [2.05, 4.69) is 23.5 Å². The zero-order chi connectivity index (χ0) is 20.4. The molecule has 4 rings (SSSR count). The number of hydrogen-bond donors (Lipinski definition) is 1. The van der Waals surface area contributed by atoms with Gasteiger partial charge in [-0.1, -0.05) is 42.5 Å². The molecule has 150 valence electrons. The van der Waals surface area contributed by atoms with Gasteiger partial charge in [-0.05, 0) is 42.8 Å². The zero-order valence-electron chi connectivity index (χ0n) is 17.0. The van der Waals surface area contributed by atoms with Gasteiger partial charge in [0.15, 0.2) is 0 Å². The Labute approximate surface area is 171 Å². The Morgan fingerprint density at radius 2 is 1.76 bits per heavy atom. The summed E-state index contributed by atoms with van der Waals surface area (Å²) >= 11 is 0. The van der Waals surface area contributed by atoms with Crippen LogP contribution in [0.5, 0.6) is 5.75 Å². The first-order chi connectivity index (χ1) is 14.1. The molecule has 0 saturated heterocycles. The quantitative estimate of drug-likeness (QED) is 0.612. The summed E-state index contributed by atoms with van der Waals surface area (Å²) in [5.74, 6) is 0.784. The molecule has 3 aromatic rings. The molecule has 0 radical (unpaired) electrons. The largest absolute Gasteiger partial charge is 0.491 e. The predicted molar refractivity (Wildman–Crippen MR) is 115 cm³/mol. The van der Waals surface area contributed by atoms with Crippen molar-refractivity contribution in [1.29, 1.82) is 0 Å². The van der Waals surface area contributed by atoms with Crippen LogP contribution in [0.15, 0.2) is 60.7 Å². The summed E-state index contributed by atoms with van der Waals surface area (Å²) in [5.41, 5.74) is 2.51. The molecule has 0 spiro atoms. The summed E-state index contributed by atoms with van der Waals surface area (Å²) in [7, 11) is 1.66. The van der Waals surface area contributed by atoms with Crippen molar-refractivity contribution >= 4 is 22.4 Å². The molecule has 0 bridgehead atoms. The molecule has 5 nitrogen and oxygen atoms in total. The van der Waals surface area contributed by atoms with Gasteiger partial charge in [-0.2, -0.15) is 0 Å². The van der Waals surface area contributed by atoms with E-state index in [-0.39, 0.29) is 18.1 Å². The smallest absolute Gasteiger partial charge is 0.258 e. The van der Waals surface area contributed by atoms with Gasteiger partial charge >= 0.3 is 0 Å². The fourth-order valence-electron chi connectivity index (χ4n) is 3.93. The van der Waals surface area contributed by atoms with Gasteiger partial charge in [-0.25, -0.2) is 0 Å². The number of nitrogens with one attached hydrogen (secondary N) is 1. The topological polar surface area (TPSA) is 50.8 Å². The van der Waals surface area contributed by atoms with Crippen molar-refractivity contribution in [2.24, 2.45) is 0 Å². The number of para-hydroxylation sites is 1. The normalized spacial score (nSPS) is 16.1. The van der Waals surface area contributed by atoms with Crippen molar-refractivity contribution in [2.75, 3.05) is 25.6 Å². The van der Waals surface area contributed by atoms with E-state index in [1.807, 2.05) is 61.2 Å². The van der Waals surface area contributed by atoms with Crippen LogP contribution in [0.3, 0.4) is 0 Å². The van der Waals surface area contributed by atoms with Gasteiger partial charge in [0.2, 0.25) is 0 Å². The van der Waals surface area contributed by atoms with E-state index in [4.69, 9.17) is 9.47 Å². The number of carbonyl (C=O) groups is 1. The maximum Gasteiger partial charge on any atom is 0.258 e. The molecule has 0 aliphatic carbocycles. The van der Waals surface area contributed by atoms with Gasteiger partial charge < -0.3 is 19.7 Å². The van der Waals surface area contributed by atoms with Crippen LogP contribution in [0.2, 0.25) is 0 Å². The number of rotatable bonds is 6. The molecule has 0 aromatic heterocycles. The van der Waals surface area contributed by atoms with Crippen LogP contribution >= 0.6 is 0 Å². The number of benzene rings is 3. The molecule has 1 aliphatic heterocycles. The number of ether oxygens (including phenoxy) is 2. The Balaban J connectivity index is 1.89. The van der Waals surface area contributed by atoms with Gasteiger partial charge in [-0.3, -0.25) is 4.79 Å². The second-order valence-corrected chi connectivity index (χ2v) is 7.44. The van der Waals surface area contributed by atoms with Crippen LogP contribution in [0.4, 0.5) is 5.69 Å². The van der Waals surface area contributed by atoms with Crippen LogP contribution in [0.1, 0.15) is 35.9 Å². The maximum atomic E-state index is 13.4. The van der Waals surface area contributed by atoms with Gasteiger partial charge in [0.05, 0.1) is 12.2 Å². The van der Waals surface area contributed by atoms with E-state index in [0.717, 1.165) is 27.8 Å². The Bertz CT molecular complexity index is 1030. The third kappa shape index (κ3) is 3.54. The molecule has 1 N–H and O–H groups in total. The summed E-state index contributed by atoms with van der Waals surface area (Å²) in [6.07, 6.45) is -0.332. The third-order valence-corrected chi connectivity index (χ3v) is 5.27. The van der Waals surface area contributed by atoms with Gasteiger partial charge in [0.1, 0.15) is 18.5 Å². The number of methoxy groups -OCH3 is 1. The summed E-state index contributed by atoms with van der Waals surface area (Å²) in [5, 5.41) is 5.77. The third-order valence-electron chi connectivity index (χ3n) is 5.27. The summed E-state index contributed by atoms with van der Waals surface area (Å²) in [6, 6.07) is 19.9. The van der Waals surface area contributed by atoms with Crippen molar-refractivity contribution < 1.29 is 14.3 Å². The van der Waals surface area contributed by atoms with Crippen molar-refractivity contribution in [3.63, 3.8) is 0 Å². The summed E-state index contributed by atoms with van der Waals surface area (Å²) in [6.45, 7) is 5.02. The minimum atomic E-state index is -0.332. The highest BCUT2D eigenvalue weighted by Gasteiger charge is 2.36. The van der Waals surface area contributed by atoms with E-state index < -0.39 is 0 Å². The minimum Gasteiger partial charge on any atom is -0.491 e. The number of carbonyl (C=O) groups excluding carboxylic acids is 1. The van der Waals surface area contributed by atoms with Gasteiger partial charge in [-0.15, -0.1) is 0 Å². The molecular weight excluding hydrogens is 364 g/mol.